The van der Waals surface area contributed by atoms with E-state index in [0.29, 0.717) is 13.1 Å². The fraction of sp³-hybridized carbons (Fsp3) is 0.133. The summed E-state index contributed by atoms with van der Waals surface area (Å²) >= 11 is 0. The minimum absolute atomic E-state index is 0.0682. The highest BCUT2D eigenvalue weighted by atomic mass is 15.1. The van der Waals surface area contributed by atoms with Crippen LogP contribution in [0.4, 0.5) is 0 Å². The number of pyridine rings is 1. The molecule has 2 aromatic heterocycles. The Kier molecular flexibility index (Phi) is 6.20. The van der Waals surface area contributed by atoms with Gasteiger partial charge in [-0.15, -0.1) is 0 Å². The number of nitrogens with one attached hydrogen (secondary N) is 1. The molecule has 0 saturated heterocycles. The number of hydrogen-bond acceptors (Lipinski definition) is 5. The largest absolute Gasteiger partial charge is 0.344 e. The number of H-pyrrole nitrogens is 1. The highest BCUT2D eigenvalue weighted by Crippen LogP contribution is 2.30. The second-order valence-corrected chi connectivity index (χ2v) is 9.26. The number of fused-ring (bicyclic) bond motifs is 1. The molecule has 1 atom stereocenters. The third-order valence-electron chi connectivity index (χ3n) is 6.45. The molecule has 0 bridgehead atoms. The first-order valence-electron chi connectivity index (χ1n) is 12.3. The predicted molar refractivity (Wildman–Crippen MR) is 150 cm³/mol. The maximum Gasteiger partial charge on any atom is 0.183 e. The van der Waals surface area contributed by atoms with Crippen LogP contribution in [0.5, 0.6) is 0 Å². The quantitative estimate of drug-likeness (QED) is 0.363. The summed E-state index contributed by atoms with van der Waals surface area (Å²) in [4.78, 5) is 23.7. The second-order valence-electron chi connectivity index (χ2n) is 9.26. The van der Waals surface area contributed by atoms with Crippen molar-refractivity contribution in [2.45, 2.75) is 26.1 Å². The number of rotatable bonds is 7. The second kappa shape index (κ2) is 9.95. The van der Waals surface area contributed by atoms with Gasteiger partial charge in [0, 0.05) is 24.4 Å². The van der Waals surface area contributed by atoms with Crippen molar-refractivity contribution in [3.05, 3.63) is 114 Å². The van der Waals surface area contributed by atoms with Crippen molar-refractivity contribution in [1.29, 1.82) is 0 Å². The zero-order valence-corrected chi connectivity index (χ0v) is 20.5. The highest BCUT2D eigenvalue weighted by Gasteiger charge is 2.23. The average molecular weight is 480 g/mol. The molecule has 1 unspecified atom stereocenters. The van der Waals surface area contributed by atoms with Crippen molar-refractivity contribution in [2.24, 2.45) is 9.98 Å². The zero-order chi connectivity index (χ0) is 25.2. The molecule has 6 nitrogen and oxygen atoms in total. The molecule has 37 heavy (non-hydrogen) atoms. The molecule has 1 aliphatic heterocycles. The molecule has 2 aliphatic rings. The van der Waals surface area contributed by atoms with Crippen molar-refractivity contribution >= 4 is 25.6 Å². The Bertz CT molecular complexity index is 1560. The standard InChI is InChI=1S/C30H25BN6/c1-20-7-5-12-26(34-20)30-29(24-13-14-25-27(16-24)33-19-32-25)35-28(36-30)18-37(31)17-21-8-6-11-23(15-21)22-9-3-2-4-10-22/h2-16,19,27H,17-18H2,1H3,(H,35,36). The van der Waals surface area contributed by atoms with Gasteiger partial charge in [0.05, 0.1) is 22.8 Å². The van der Waals surface area contributed by atoms with Crippen molar-refractivity contribution in [3.8, 4) is 22.5 Å². The van der Waals surface area contributed by atoms with E-state index in [4.69, 9.17) is 17.9 Å². The first-order valence-corrected chi connectivity index (χ1v) is 12.3. The minimum Gasteiger partial charge on any atom is -0.344 e. The highest BCUT2D eigenvalue weighted by molar-refractivity contribution is 6.11. The monoisotopic (exact) mass is 480 g/mol. The number of nitrogens with zero attached hydrogens (tertiary/aromatic N) is 5. The Balaban J connectivity index is 1.27. The fourth-order valence-corrected chi connectivity index (χ4v) is 4.69. The molecule has 2 radical (unpaired) electrons. The van der Waals surface area contributed by atoms with Crippen LogP contribution < -0.4 is 0 Å². The predicted octanol–water partition coefficient (Wildman–Crippen LogP) is 5.34. The molecule has 3 heterocycles. The van der Waals surface area contributed by atoms with E-state index in [1.807, 2.05) is 43.3 Å². The minimum atomic E-state index is -0.0682. The summed E-state index contributed by atoms with van der Waals surface area (Å²) in [6.45, 7) is 3.04. The summed E-state index contributed by atoms with van der Waals surface area (Å²) in [5.41, 5.74) is 8.93. The van der Waals surface area contributed by atoms with Gasteiger partial charge >= 0.3 is 0 Å². The zero-order valence-electron chi connectivity index (χ0n) is 20.5. The van der Waals surface area contributed by atoms with E-state index < -0.39 is 0 Å². The lowest BCUT2D eigenvalue weighted by atomic mass is 9.98. The van der Waals surface area contributed by atoms with E-state index in [1.165, 1.54) is 11.1 Å². The van der Waals surface area contributed by atoms with Crippen molar-refractivity contribution < 1.29 is 0 Å². The van der Waals surface area contributed by atoms with Gasteiger partial charge in [-0.2, -0.15) is 0 Å². The molecule has 0 amide bonds. The van der Waals surface area contributed by atoms with Gasteiger partial charge in [0.1, 0.15) is 18.2 Å². The van der Waals surface area contributed by atoms with Gasteiger partial charge in [-0.05, 0) is 54.0 Å². The van der Waals surface area contributed by atoms with Gasteiger partial charge in [0.2, 0.25) is 0 Å². The molecule has 0 fully saturated rings. The fourth-order valence-electron chi connectivity index (χ4n) is 4.69. The van der Waals surface area contributed by atoms with Gasteiger partial charge < -0.3 is 9.79 Å². The van der Waals surface area contributed by atoms with E-state index in [1.54, 1.807) is 11.1 Å². The summed E-state index contributed by atoms with van der Waals surface area (Å²) in [5, 5.41) is 0. The topological polar surface area (TPSA) is 69.5 Å². The Morgan fingerprint density at radius 2 is 1.73 bits per heavy atom. The van der Waals surface area contributed by atoms with Crippen LogP contribution in [0.25, 0.3) is 28.1 Å². The van der Waals surface area contributed by atoms with Crippen molar-refractivity contribution in [2.75, 3.05) is 0 Å². The van der Waals surface area contributed by atoms with Crippen LogP contribution in [0.3, 0.4) is 0 Å². The van der Waals surface area contributed by atoms with Crippen LogP contribution in [-0.4, -0.2) is 45.8 Å². The Labute approximate surface area is 217 Å². The van der Waals surface area contributed by atoms with Crippen LogP contribution in [0.1, 0.15) is 22.8 Å². The lowest BCUT2D eigenvalue weighted by Gasteiger charge is -2.16. The van der Waals surface area contributed by atoms with Gasteiger partial charge in [0.15, 0.2) is 7.98 Å². The van der Waals surface area contributed by atoms with E-state index in [0.717, 1.165) is 45.4 Å². The Morgan fingerprint density at radius 1 is 0.892 bits per heavy atom. The smallest absolute Gasteiger partial charge is 0.183 e. The third kappa shape index (κ3) is 4.99. The van der Waals surface area contributed by atoms with Crippen molar-refractivity contribution in [1.82, 2.24) is 19.8 Å². The summed E-state index contributed by atoms with van der Waals surface area (Å²) < 4.78 is 0. The molecule has 0 saturated carbocycles. The number of allylic oxidation sites excluding steroid dienone is 2. The first kappa shape index (κ1) is 23.1. The molecule has 0 spiro atoms. The molecule has 1 aliphatic carbocycles. The van der Waals surface area contributed by atoms with Gasteiger partial charge in [-0.25, -0.2) is 9.98 Å². The number of aromatic amines is 1. The molecule has 6 rings (SSSR count). The van der Waals surface area contributed by atoms with Gasteiger partial charge in [-0.3, -0.25) is 9.98 Å². The summed E-state index contributed by atoms with van der Waals surface area (Å²) in [5.74, 6) is 0.777. The van der Waals surface area contributed by atoms with E-state index >= 15 is 0 Å². The van der Waals surface area contributed by atoms with Crippen LogP contribution in [-0.2, 0) is 13.1 Å². The normalized spacial score (nSPS) is 16.1. The SMILES string of the molecule is [B]N(Cc1cccc(-c2ccccc2)c1)Cc1nc(C2=CC3N=CN=C3C=C2)c(-c2cccc(C)n2)[nH]1. The van der Waals surface area contributed by atoms with Crippen LogP contribution in [0.2, 0.25) is 0 Å². The lowest BCUT2D eigenvalue weighted by Crippen LogP contribution is -2.20. The van der Waals surface area contributed by atoms with Gasteiger partial charge in [0.25, 0.3) is 0 Å². The first-order chi connectivity index (χ1) is 18.1. The number of benzene rings is 2. The maximum absolute atomic E-state index is 6.49. The van der Waals surface area contributed by atoms with Crippen LogP contribution in [0.15, 0.2) is 101 Å². The van der Waals surface area contributed by atoms with E-state index in [-0.39, 0.29) is 6.04 Å². The summed E-state index contributed by atoms with van der Waals surface area (Å²) in [6, 6.07) is 24.8. The Hall–Kier alpha value is -4.36. The van der Waals surface area contributed by atoms with Crippen molar-refractivity contribution in [3.63, 3.8) is 0 Å². The molecular weight excluding hydrogens is 455 g/mol. The molecule has 178 valence electrons. The molecular formula is C30H25BN6. The van der Waals surface area contributed by atoms with E-state index in [2.05, 4.69) is 69.6 Å². The van der Waals surface area contributed by atoms with Crippen LogP contribution >= 0.6 is 0 Å². The number of aromatic nitrogens is 3. The Morgan fingerprint density at radius 3 is 2.59 bits per heavy atom. The summed E-state index contributed by atoms with van der Waals surface area (Å²) in [7, 11) is 6.49. The van der Waals surface area contributed by atoms with Crippen LogP contribution in [0, 0.1) is 6.92 Å². The number of imidazole rings is 1. The average Bonchev–Trinajstić information content (AvgIpc) is 3.56. The number of hydrogen-bond donors (Lipinski definition) is 1. The van der Waals surface area contributed by atoms with E-state index in [9.17, 15) is 0 Å². The lowest BCUT2D eigenvalue weighted by molar-refractivity contribution is 0.432. The molecule has 7 heteroatoms. The molecule has 2 aromatic carbocycles. The number of aryl methyl sites for hydroxylation is 1. The van der Waals surface area contributed by atoms with Gasteiger partial charge in [-0.1, -0.05) is 60.7 Å². The molecule has 4 aromatic rings. The summed E-state index contributed by atoms with van der Waals surface area (Å²) in [6.07, 6.45) is 7.75. The third-order valence-corrected chi connectivity index (χ3v) is 6.45. The number of aliphatic imine (C=N–C) groups is 2. The molecule has 1 N–H and O–H groups in total. The maximum atomic E-state index is 6.49.